The first-order valence-electron chi connectivity index (χ1n) is 8.91. The zero-order chi connectivity index (χ0) is 23.7. The van der Waals surface area contributed by atoms with Gasteiger partial charge in [-0.3, -0.25) is 9.78 Å². The number of halogens is 6. The van der Waals surface area contributed by atoms with Crippen LogP contribution in [0.1, 0.15) is 16.7 Å². The van der Waals surface area contributed by atoms with Crippen molar-refractivity contribution in [3.8, 4) is 11.4 Å². The third kappa shape index (κ3) is 5.13. The number of nitrogens with zero attached hydrogens (tertiary/aromatic N) is 5. The lowest BCUT2D eigenvalue weighted by atomic mass is 10.0. The number of alkyl halides is 6. The SMILES string of the molecule is CN(C)C(=O)C(=Cn1cnc(-c2cc(C(F)(F)F)cc(C(F)(F)F)c2)n1)c1cccnc1. The molecule has 2 heterocycles. The molecular weight excluding hydrogens is 440 g/mol. The Morgan fingerprint density at radius 1 is 1.03 bits per heavy atom. The predicted octanol–water partition coefficient (Wildman–Crippen LogP) is 4.46. The molecule has 0 aliphatic carbocycles. The van der Waals surface area contributed by atoms with E-state index >= 15 is 0 Å². The Morgan fingerprint density at radius 3 is 2.16 bits per heavy atom. The minimum absolute atomic E-state index is 0.0245. The molecule has 12 heteroatoms. The van der Waals surface area contributed by atoms with E-state index in [9.17, 15) is 31.1 Å². The zero-order valence-corrected chi connectivity index (χ0v) is 16.6. The van der Waals surface area contributed by atoms with Crippen LogP contribution in [0.4, 0.5) is 26.3 Å². The molecule has 0 aliphatic rings. The standard InChI is InChI=1S/C20H15F6N5O/c1-30(2)18(32)16(12-4-3-5-27-9-12)10-31-11-28-17(29-31)13-6-14(19(21,22)23)8-15(7-13)20(24,25)26/h3-11H,1-2H3. The number of likely N-dealkylation sites (N-methyl/N-ethyl adjacent to an activating group) is 1. The van der Waals surface area contributed by atoms with Crippen LogP contribution in [0.15, 0.2) is 49.1 Å². The Labute approximate surface area is 177 Å². The Kier molecular flexibility index (Phi) is 6.06. The molecule has 0 bridgehead atoms. The van der Waals surface area contributed by atoms with Crippen LogP contribution in [0.5, 0.6) is 0 Å². The lowest BCUT2D eigenvalue weighted by Gasteiger charge is -2.13. The van der Waals surface area contributed by atoms with Crippen molar-refractivity contribution in [2.75, 3.05) is 14.1 Å². The predicted molar refractivity (Wildman–Crippen MR) is 103 cm³/mol. The molecule has 1 amide bonds. The summed E-state index contributed by atoms with van der Waals surface area (Å²) in [7, 11) is 3.03. The quantitative estimate of drug-likeness (QED) is 0.431. The normalized spacial score (nSPS) is 12.7. The highest BCUT2D eigenvalue weighted by molar-refractivity contribution is 6.22. The Hall–Kier alpha value is -3.70. The van der Waals surface area contributed by atoms with E-state index in [0.29, 0.717) is 17.7 Å². The number of carbonyl (C=O) groups excluding carboxylic acids is 1. The van der Waals surface area contributed by atoms with E-state index in [0.717, 1.165) is 11.0 Å². The molecule has 0 aliphatic heterocycles. The molecule has 0 radical (unpaired) electrons. The smallest absolute Gasteiger partial charge is 0.345 e. The van der Waals surface area contributed by atoms with Gasteiger partial charge < -0.3 is 4.90 Å². The average molecular weight is 455 g/mol. The minimum Gasteiger partial charge on any atom is -0.345 e. The molecule has 1 aromatic carbocycles. The van der Waals surface area contributed by atoms with Gasteiger partial charge in [-0.05, 0) is 24.3 Å². The van der Waals surface area contributed by atoms with Gasteiger partial charge in [-0.25, -0.2) is 9.67 Å². The fourth-order valence-electron chi connectivity index (χ4n) is 2.70. The second-order valence-corrected chi connectivity index (χ2v) is 6.83. The van der Waals surface area contributed by atoms with Crippen LogP contribution in [0.3, 0.4) is 0 Å². The number of carbonyl (C=O) groups is 1. The number of amides is 1. The lowest BCUT2D eigenvalue weighted by Crippen LogP contribution is -2.23. The highest BCUT2D eigenvalue weighted by Gasteiger charge is 2.37. The van der Waals surface area contributed by atoms with Crippen LogP contribution in [-0.2, 0) is 17.1 Å². The van der Waals surface area contributed by atoms with E-state index in [2.05, 4.69) is 15.1 Å². The molecule has 0 spiro atoms. The largest absolute Gasteiger partial charge is 0.416 e. The summed E-state index contributed by atoms with van der Waals surface area (Å²) in [6.07, 6.45) is -4.74. The van der Waals surface area contributed by atoms with Crippen molar-refractivity contribution in [2.45, 2.75) is 12.4 Å². The minimum atomic E-state index is -5.00. The van der Waals surface area contributed by atoms with Gasteiger partial charge in [0.1, 0.15) is 6.33 Å². The average Bonchev–Trinajstić information content (AvgIpc) is 3.19. The van der Waals surface area contributed by atoms with Crippen LogP contribution >= 0.6 is 0 Å². The summed E-state index contributed by atoms with van der Waals surface area (Å²) in [5.41, 5.74) is -2.86. The van der Waals surface area contributed by atoms with E-state index in [1.165, 1.54) is 37.6 Å². The first kappa shape index (κ1) is 23.0. The fraction of sp³-hybridized carbons (Fsp3) is 0.200. The van der Waals surface area contributed by atoms with Gasteiger partial charge >= 0.3 is 12.4 Å². The summed E-state index contributed by atoms with van der Waals surface area (Å²) >= 11 is 0. The summed E-state index contributed by atoms with van der Waals surface area (Å²) in [5, 5.41) is 3.94. The van der Waals surface area contributed by atoms with E-state index < -0.39 is 35.0 Å². The molecule has 6 nitrogen and oxygen atoms in total. The summed E-state index contributed by atoms with van der Waals surface area (Å²) in [6.45, 7) is 0. The number of pyridine rings is 1. The third-order valence-corrected chi connectivity index (χ3v) is 4.22. The maximum atomic E-state index is 13.1. The number of hydrogen-bond acceptors (Lipinski definition) is 4. The van der Waals surface area contributed by atoms with Gasteiger partial charge in [0, 0.05) is 43.8 Å². The Balaban J connectivity index is 2.08. The van der Waals surface area contributed by atoms with Crippen molar-refractivity contribution < 1.29 is 31.1 Å². The van der Waals surface area contributed by atoms with Gasteiger partial charge in [0.25, 0.3) is 5.91 Å². The molecule has 3 aromatic rings. The van der Waals surface area contributed by atoms with Crippen molar-refractivity contribution in [2.24, 2.45) is 0 Å². The maximum absolute atomic E-state index is 13.1. The van der Waals surface area contributed by atoms with Crippen molar-refractivity contribution in [3.05, 3.63) is 65.7 Å². The van der Waals surface area contributed by atoms with Crippen molar-refractivity contribution in [3.63, 3.8) is 0 Å². The molecule has 0 N–H and O–H groups in total. The molecule has 32 heavy (non-hydrogen) atoms. The first-order valence-corrected chi connectivity index (χ1v) is 8.91. The van der Waals surface area contributed by atoms with Crippen molar-refractivity contribution >= 4 is 17.7 Å². The van der Waals surface area contributed by atoms with Crippen molar-refractivity contribution in [1.29, 1.82) is 0 Å². The number of rotatable bonds is 4. The topological polar surface area (TPSA) is 63.9 Å². The van der Waals surface area contributed by atoms with E-state index in [1.807, 2.05) is 0 Å². The molecule has 168 valence electrons. The van der Waals surface area contributed by atoms with Crippen LogP contribution < -0.4 is 0 Å². The zero-order valence-electron chi connectivity index (χ0n) is 16.6. The van der Waals surface area contributed by atoms with Gasteiger partial charge in [0.2, 0.25) is 0 Å². The molecule has 3 rings (SSSR count). The van der Waals surface area contributed by atoms with Gasteiger partial charge in [-0.15, -0.1) is 5.10 Å². The first-order chi connectivity index (χ1) is 14.9. The van der Waals surface area contributed by atoms with Crippen LogP contribution in [0.25, 0.3) is 23.2 Å². The number of aromatic nitrogens is 4. The number of hydrogen-bond donors (Lipinski definition) is 0. The molecule has 0 saturated carbocycles. The molecular formula is C20H15F6N5O. The van der Waals surface area contributed by atoms with Gasteiger partial charge in [0.05, 0.1) is 16.7 Å². The van der Waals surface area contributed by atoms with E-state index in [4.69, 9.17) is 0 Å². The third-order valence-electron chi connectivity index (χ3n) is 4.22. The fourth-order valence-corrected chi connectivity index (χ4v) is 2.70. The van der Waals surface area contributed by atoms with Gasteiger partial charge in [0.15, 0.2) is 5.82 Å². The molecule has 0 unspecified atom stereocenters. The summed E-state index contributed by atoms with van der Waals surface area (Å²) in [5.74, 6) is -0.797. The van der Waals surface area contributed by atoms with E-state index in [1.54, 1.807) is 12.1 Å². The Morgan fingerprint density at radius 2 is 1.66 bits per heavy atom. The summed E-state index contributed by atoms with van der Waals surface area (Å²) < 4.78 is 79.7. The van der Waals surface area contributed by atoms with Gasteiger partial charge in [-0.2, -0.15) is 26.3 Å². The summed E-state index contributed by atoms with van der Waals surface area (Å²) in [4.78, 5) is 21.6. The van der Waals surface area contributed by atoms with Crippen molar-refractivity contribution in [1.82, 2.24) is 24.6 Å². The Bertz CT molecular complexity index is 1120. The van der Waals surface area contributed by atoms with Crippen LogP contribution in [0, 0.1) is 0 Å². The monoisotopic (exact) mass is 455 g/mol. The highest BCUT2D eigenvalue weighted by Crippen LogP contribution is 2.38. The lowest BCUT2D eigenvalue weighted by molar-refractivity contribution is -0.143. The highest BCUT2D eigenvalue weighted by atomic mass is 19.4. The maximum Gasteiger partial charge on any atom is 0.416 e. The van der Waals surface area contributed by atoms with Crippen LogP contribution in [0.2, 0.25) is 0 Å². The molecule has 0 saturated heterocycles. The van der Waals surface area contributed by atoms with E-state index in [-0.39, 0.29) is 17.5 Å². The second-order valence-electron chi connectivity index (χ2n) is 6.83. The molecule has 2 aromatic heterocycles. The van der Waals surface area contributed by atoms with Gasteiger partial charge in [-0.1, -0.05) is 6.07 Å². The number of benzene rings is 1. The molecule has 0 atom stereocenters. The second kappa shape index (κ2) is 8.44. The molecule has 0 fully saturated rings. The summed E-state index contributed by atoms with van der Waals surface area (Å²) in [6, 6.07) is 4.30. The van der Waals surface area contributed by atoms with Crippen LogP contribution in [-0.4, -0.2) is 44.7 Å².